The van der Waals surface area contributed by atoms with E-state index in [4.69, 9.17) is 0 Å². The first kappa shape index (κ1) is 19.1. The molecule has 1 aromatic carbocycles. The molecule has 0 atom stereocenters. The molecule has 1 amide bonds. The van der Waals surface area contributed by atoms with Crippen LogP contribution in [0.25, 0.3) is 0 Å². The third kappa shape index (κ3) is 4.56. The smallest absolute Gasteiger partial charge is 0.356 e. The van der Waals surface area contributed by atoms with Gasteiger partial charge in [-0.05, 0) is 49.6 Å². The highest BCUT2D eigenvalue weighted by Crippen LogP contribution is 2.29. The minimum Gasteiger partial charge on any atom is -0.356 e. The maximum atomic E-state index is 13.4. The summed E-state index contributed by atoms with van der Waals surface area (Å²) < 4.78 is 51.2. The van der Waals surface area contributed by atoms with Gasteiger partial charge in [0.15, 0.2) is 0 Å². The molecule has 144 valence electrons. The fraction of sp³-hybridized carbons (Fsp3) is 0.368. The molecule has 8 heteroatoms. The molecule has 1 aliphatic rings. The molecule has 2 heterocycles. The lowest BCUT2D eigenvalue weighted by Crippen LogP contribution is -2.45. The Kier molecular flexibility index (Phi) is 5.34. The monoisotopic (exact) mass is 381 g/mol. The Bertz CT molecular complexity index is 813. The summed E-state index contributed by atoms with van der Waals surface area (Å²) in [6, 6.07) is 6.38. The largest absolute Gasteiger partial charge is 0.417 e. The van der Waals surface area contributed by atoms with E-state index in [0.717, 1.165) is 12.3 Å². The molecule has 0 spiro atoms. The van der Waals surface area contributed by atoms with Crippen molar-refractivity contribution in [3.05, 3.63) is 59.0 Å². The first-order valence-corrected chi connectivity index (χ1v) is 8.59. The number of piperidine rings is 1. The van der Waals surface area contributed by atoms with Crippen molar-refractivity contribution < 1.29 is 22.4 Å². The summed E-state index contributed by atoms with van der Waals surface area (Å²) in [6.45, 7) is 2.87. The first-order valence-electron chi connectivity index (χ1n) is 8.59. The summed E-state index contributed by atoms with van der Waals surface area (Å²) in [5, 5.41) is 2.90. The molecule has 4 nitrogen and oxygen atoms in total. The second-order valence-corrected chi connectivity index (χ2v) is 6.60. The van der Waals surface area contributed by atoms with Crippen LogP contribution in [0, 0.1) is 12.7 Å². The molecule has 3 rings (SSSR count). The molecule has 0 radical (unpaired) electrons. The molecule has 1 N–H and O–H groups in total. The third-order valence-electron chi connectivity index (χ3n) is 4.67. The molecule has 0 aliphatic carbocycles. The lowest BCUT2D eigenvalue weighted by molar-refractivity contribution is -0.137. The SMILES string of the molecule is Cc1ccc(F)cc1C(=O)NC1CCN(c2ccc(C(F)(F)F)cn2)CC1. The number of aryl methyl sites for hydroxylation is 1. The van der Waals surface area contributed by atoms with Crippen LogP contribution in [0.4, 0.5) is 23.4 Å². The highest BCUT2D eigenvalue weighted by Gasteiger charge is 2.31. The fourth-order valence-corrected chi connectivity index (χ4v) is 3.10. The Morgan fingerprint density at radius 2 is 1.89 bits per heavy atom. The van der Waals surface area contributed by atoms with E-state index < -0.39 is 17.6 Å². The number of carbonyl (C=O) groups is 1. The Morgan fingerprint density at radius 1 is 1.19 bits per heavy atom. The summed E-state index contributed by atoms with van der Waals surface area (Å²) in [5.74, 6) is -0.305. The number of hydrogen-bond acceptors (Lipinski definition) is 3. The molecule has 0 unspecified atom stereocenters. The van der Waals surface area contributed by atoms with Crippen LogP contribution in [0.2, 0.25) is 0 Å². The highest BCUT2D eigenvalue weighted by molar-refractivity contribution is 5.95. The van der Waals surface area contributed by atoms with Gasteiger partial charge in [0.1, 0.15) is 11.6 Å². The van der Waals surface area contributed by atoms with Crippen molar-refractivity contribution in [1.82, 2.24) is 10.3 Å². The van der Waals surface area contributed by atoms with Crippen molar-refractivity contribution in [3.8, 4) is 0 Å². The Hall–Kier alpha value is -2.64. The number of aromatic nitrogens is 1. The van der Waals surface area contributed by atoms with E-state index in [2.05, 4.69) is 10.3 Å². The summed E-state index contributed by atoms with van der Waals surface area (Å²) in [7, 11) is 0. The van der Waals surface area contributed by atoms with E-state index in [1.807, 2.05) is 4.90 Å². The van der Waals surface area contributed by atoms with Crippen LogP contribution >= 0.6 is 0 Å². The zero-order chi connectivity index (χ0) is 19.6. The van der Waals surface area contributed by atoms with Crippen molar-refractivity contribution in [1.29, 1.82) is 0 Å². The van der Waals surface area contributed by atoms with Crippen molar-refractivity contribution in [3.63, 3.8) is 0 Å². The summed E-state index contributed by atoms with van der Waals surface area (Å²) in [4.78, 5) is 18.1. The normalized spacial score (nSPS) is 15.7. The number of pyridine rings is 1. The van der Waals surface area contributed by atoms with Gasteiger partial charge in [0, 0.05) is 30.9 Å². The number of halogens is 4. The van der Waals surface area contributed by atoms with Crippen molar-refractivity contribution in [2.24, 2.45) is 0 Å². The van der Waals surface area contributed by atoms with Gasteiger partial charge < -0.3 is 10.2 Å². The molecule has 0 bridgehead atoms. The average molecular weight is 381 g/mol. The van der Waals surface area contributed by atoms with E-state index in [1.54, 1.807) is 13.0 Å². The molecule has 1 saturated heterocycles. The van der Waals surface area contributed by atoms with E-state index >= 15 is 0 Å². The number of nitrogens with one attached hydrogen (secondary N) is 1. The van der Waals surface area contributed by atoms with Crippen LogP contribution in [0.5, 0.6) is 0 Å². The molecule has 1 fully saturated rings. The zero-order valence-electron chi connectivity index (χ0n) is 14.7. The summed E-state index contributed by atoms with van der Waals surface area (Å²) in [5.41, 5.74) is 0.223. The van der Waals surface area contributed by atoms with Crippen LogP contribution in [0.15, 0.2) is 36.5 Å². The molecular formula is C19H19F4N3O. The van der Waals surface area contributed by atoms with E-state index in [0.29, 0.717) is 42.9 Å². The van der Waals surface area contributed by atoms with Crippen molar-refractivity contribution in [2.45, 2.75) is 32.0 Å². The minimum absolute atomic E-state index is 0.0779. The maximum absolute atomic E-state index is 13.4. The number of alkyl halides is 3. The number of nitrogens with zero attached hydrogens (tertiary/aromatic N) is 2. The number of hydrogen-bond donors (Lipinski definition) is 1. The number of anilines is 1. The van der Waals surface area contributed by atoms with Crippen LogP contribution in [0.1, 0.15) is 34.3 Å². The first-order chi connectivity index (χ1) is 12.7. The minimum atomic E-state index is -4.40. The van der Waals surface area contributed by atoms with Gasteiger partial charge in [-0.25, -0.2) is 9.37 Å². The molecule has 1 aromatic heterocycles. The van der Waals surface area contributed by atoms with Gasteiger partial charge in [-0.3, -0.25) is 4.79 Å². The predicted octanol–water partition coefficient (Wildman–Crippen LogP) is 3.95. The second-order valence-electron chi connectivity index (χ2n) is 6.60. The maximum Gasteiger partial charge on any atom is 0.417 e. The molecule has 27 heavy (non-hydrogen) atoms. The quantitative estimate of drug-likeness (QED) is 0.819. The lowest BCUT2D eigenvalue weighted by Gasteiger charge is -2.33. The number of carbonyl (C=O) groups excluding carboxylic acids is 1. The molecule has 2 aromatic rings. The Balaban J connectivity index is 1.57. The van der Waals surface area contributed by atoms with Crippen LogP contribution in [0.3, 0.4) is 0 Å². The Labute approximate surface area is 154 Å². The van der Waals surface area contributed by atoms with Gasteiger partial charge in [-0.2, -0.15) is 13.2 Å². The number of benzene rings is 1. The number of rotatable bonds is 3. The molecular weight excluding hydrogens is 362 g/mol. The van der Waals surface area contributed by atoms with Crippen molar-refractivity contribution in [2.75, 3.05) is 18.0 Å². The fourth-order valence-electron chi connectivity index (χ4n) is 3.10. The second kappa shape index (κ2) is 7.54. The Morgan fingerprint density at radius 3 is 2.48 bits per heavy atom. The summed E-state index contributed by atoms with van der Waals surface area (Å²) >= 11 is 0. The average Bonchev–Trinajstić information content (AvgIpc) is 2.63. The molecule has 1 aliphatic heterocycles. The highest BCUT2D eigenvalue weighted by atomic mass is 19.4. The van der Waals surface area contributed by atoms with Gasteiger partial charge in [0.25, 0.3) is 5.91 Å². The van der Waals surface area contributed by atoms with E-state index in [1.165, 1.54) is 18.2 Å². The van der Waals surface area contributed by atoms with E-state index in [9.17, 15) is 22.4 Å². The van der Waals surface area contributed by atoms with Crippen LogP contribution in [-0.2, 0) is 6.18 Å². The molecule has 0 saturated carbocycles. The van der Waals surface area contributed by atoms with Crippen molar-refractivity contribution >= 4 is 11.7 Å². The van der Waals surface area contributed by atoms with Crippen LogP contribution < -0.4 is 10.2 Å². The standard InChI is InChI=1S/C19H19F4N3O/c1-12-2-4-14(20)10-16(12)18(27)25-15-6-8-26(9-7-15)17-5-3-13(11-24-17)19(21,22)23/h2-5,10-11,15H,6-9H2,1H3,(H,25,27). The lowest BCUT2D eigenvalue weighted by atomic mass is 10.0. The third-order valence-corrected chi connectivity index (χ3v) is 4.67. The van der Waals surface area contributed by atoms with Gasteiger partial charge in [-0.15, -0.1) is 0 Å². The zero-order valence-corrected chi connectivity index (χ0v) is 14.7. The van der Waals surface area contributed by atoms with Gasteiger partial charge in [-0.1, -0.05) is 6.07 Å². The summed E-state index contributed by atoms with van der Waals surface area (Å²) in [6.07, 6.45) is -2.32. The van der Waals surface area contributed by atoms with Gasteiger partial charge in [0.05, 0.1) is 5.56 Å². The topological polar surface area (TPSA) is 45.2 Å². The number of amides is 1. The van der Waals surface area contributed by atoms with Gasteiger partial charge in [0.2, 0.25) is 0 Å². The van der Waals surface area contributed by atoms with Gasteiger partial charge >= 0.3 is 6.18 Å². The van der Waals surface area contributed by atoms with E-state index in [-0.39, 0.29) is 11.9 Å². The predicted molar refractivity (Wildman–Crippen MR) is 93.1 cm³/mol. The van der Waals surface area contributed by atoms with Crippen LogP contribution in [-0.4, -0.2) is 30.0 Å².